The molecule has 0 bridgehead atoms. The molecule has 0 spiro atoms. The highest BCUT2D eigenvalue weighted by atomic mass is 35.5. The Morgan fingerprint density at radius 1 is 1.24 bits per heavy atom. The number of hydrogen-bond donors (Lipinski definition) is 1. The zero-order valence-corrected chi connectivity index (χ0v) is 10.3. The molecule has 0 saturated heterocycles. The Balaban J connectivity index is 2.43. The van der Waals surface area contributed by atoms with E-state index in [1.54, 1.807) is 23.6 Å². The Kier molecular flexibility index (Phi) is 2.50. The Bertz CT molecular complexity index is 731. The van der Waals surface area contributed by atoms with Crippen LogP contribution in [0.2, 0.25) is 5.02 Å². The van der Waals surface area contributed by atoms with Crippen molar-refractivity contribution in [1.29, 1.82) is 0 Å². The van der Waals surface area contributed by atoms with Crippen LogP contribution in [0.3, 0.4) is 0 Å². The Morgan fingerprint density at radius 2 is 2.12 bits per heavy atom. The van der Waals surface area contributed by atoms with Gasteiger partial charge >= 0.3 is 0 Å². The van der Waals surface area contributed by atoms with Crippen molar-refractivity contribution in [3.05, 3.63) is 56.5 Å². The third-order valence-corrected chi connectivity index (χ3v) is 3.67. The highest BCUT2D eigenvalue weighted by Crippen LogP contribution is 2.27. The van der Waals surface area contributed by atoms with E-state index in [9.17, 15) is 4.79 Å². The van der Waals surface area contributed by atoms with Gasteiger partial charge < -0.3 is 4.98 Å². The molecule has 4 heteroatoms. The molecule has 0 aliphatic heterocycles. The number of pyridine rings is 1. The van der Waals surface area contributed by atoms with E-state index in [2.05, 4.69) is 10.4 Å². The number of halogens is 1. The van der Waals surface area contributed by atoms with Crippen LogP contribution in [0.1, 0.15) is 0 Å². The van der Waals surface area contributed by atoms with E-state index in [-0.39, 0.29) is 10.5 Å². The first-order valence-electron chi connectivity index (χ1n) is 5.10. The molecule has 1 aromatic carbocycles. The molecule has 0 amide bonds. The van der Waals surface area contributed by atoms with Gasteiger partial charge in [-0.05, 0) is 28.5 Å². The van der Waals surface area contributed by atoms with Crippen LogP contribution in [0, 0.1) is 0 Å². The molecule has 0 aliphatic carbocycles. The topological polar surface area (TPSA) is 32.9 Å². The number of aromatic nitrogens is 1. The molecule has 17 heavy (non-hydrogen) atoms. The summed E-state index contributed by atoms with van der Waals surface area (Å²) in [5.74, 6) is 0. The summed E-state index contributed by atoms with van der Waals surface area (Å²) in [5.41, 5.74) is 2.84. The number of aromatic amines is 1. The van der Waals surface area contributed by atoms with Crippen molar-refractivity contribution < 1.29 is 0 Å². The largest absolute Gasteiger partial charge is 0.359 e. The summed E-state index contributed by atoms with van der Waals surface area (Å²) in [6, 6.07) is 7.69. The molecule has 2 nitrogen and oxygen atoms in total. The third kappa shape index (κ3) is 1.68. The molecule has 2 aromatic heterocycles. The fourth-order valence-corrected chi connectivity index (χ4v) is 2.70. The van der Waals surface area contributed by atoms with E-state index >= 15 is 0 Å². The number of rotatable bonds is 1. The number of benzene rings is 1. The van der Waals surface area contributed by atoms with Crippen LogP contribution in [0.5, 0.6) is 0 Å². The first-order valence-corrected chi connectivity index (χ1v) is 6.42. The van der Waals surface area contributed by atoms with Crippen molar-refractivity contribution in [2.24, 2.45) is 0 Å². The number of nitrogens with one attached hydrogen (secondary N) is 1. The maximum atomic E-state index is 11.9. The van der Waals surface area contributed by atoms with E-state index in [1.165, 1.54) is 0 Å². The van der Waals surface area contributed by atoms with Gasteiger partial charge in [-0.25, -0.2) is 0 Å². The molecule has 3 rings (SSSR count). The van der Waals surface area contributed by atoms with Gasteiger partial charge in [-0.1, -0.05) is 23.7 Å². The molecule has 0 radical (unpaired) electrons. The SMILES string of the molecule is O=c1c(Cl)c[nH]c2c(-c3ccsc3)cccc12. The first kappa shape index (κ1) is 10.6. The van der Waals surface area contributed by atoms with Crippen molar-refractivity contribution in [2.45, 2.75) is 0 Å². The second-order valence-electron chi connectivity index (χ2n) is 3.71. The maximum Gasteiger partial charge on any atom is 0.207 e. The average Bonchev–Trinajstić information content (AvgIpc) is 2.87. The molecule has 0 aliphatic rings. The molecule has 0 unspecified atom stereocenters. The van der Waals surface area contributed by atoms with Gasteiger partial charge in [-0.15, -0.1) is 0 Å². The quantitative estimate of drug-likeness (QED) is 0.708. The van der Waals surface area contributed by atoms with Crippen LogP contribution in [0.4, 0.5) is 0 Å². The van der Waals surface area contributed by atoms with Crippen LogP contribution in [0.15, 0.2) is 46.0 Å². The summed E-state index contributed by atoms with van der Waals surface area (Å²) in [6.45, 7) is 0. The van der Waals surface area contributed by atoms with E-state index in [0.29, 0.717) is 5.39 Å². The van der Waals surface area contributed by atoms with Gasteiger partial charge in [-0.3, -0.25) is 4.79 Å². The number of hydrogen-bond acceptors (Lipinski definition) is 2. The van der Waals surface area contributed by atoms with Gasteiger partial charge in [0.25, 0.3) is 0 Å². The zero-order valence-electron chi connectivity index (χ0n) is 8.74. The summed E-state index contributed by atoms with van der Waals surface area (Å²) in [7, 11) is 0. The molecule has 84 valence electrons. The van der Waals surface area contributed by atoms with Crippen molar-refractivity contribution in [1.82, 2.24) is 4.98 Å². The molecule has 2 heterocycles. The normalized spacial score (nSPS) is 10.9. The highest BCUT2D eigenvalue weighted by molar-refractivity contribution is 7.08. The molecule has 0 saturated carbocycles. The summed E-state index contributed by atoms with van der Waals surface area (Å²) >= 11 is 7.46. The Labute approximate surface area is 106 Å². The predicted molar refractivity (Wildman–Crippen MR) is 72.9 cm³/mol. The summed E-state index contributed by atoms with van der Waals surface area (Å²) in [6.07, 6.45) is 1.54. The zero-order chi connectivity index (χ0) is 11.8. The monoisotopic (exact) mass is 261 g/mol. The van der Waals surface area contributed by atoms with E-state index in [4.69, 9.17) is 11.6 Å². The van der Waals surface area contributed by atoms with Gasteiger partial charge in [0.15, 0.2) is 0 Å². The van der Waals surface area contributed by atoms with Crippen LogP contribution in [0.25, 0.3) is 22.0 Å². The van der Waals surface area contributed by atoms with Crippen LogP contribution in [-0.4, -0.2) is 4.98 Å². The lowest BCUT2D eigenvalue weighted by Crippen LogP contribution is -2.03. The molecule has 0 atom stereocenters. The van der Waals surface area contributed by atoms with Crippen molar-refractivity contribution in [2.75, 3.05) is 0 Å². The van der Waals surface area contributed by atoms with E-state index in [1.807, 2.05) is 23.6 Å². The molecule has 3 aromatic rings. The number of thiophene rings is 1. The van der Waals surface area contributed by atoms with Crippen molar-refractivity contribution in [3.8, 4) is 11.1 Å². The Morgan fingerprint density at radius 3 is 2.88 bits per heavy atom. The maximum absolute atomic E-state index is 11.9. The smallest absolute Gasteiger partial charge is 0.207 e. The van der Waals surface area contributed by atoms with Gasteiger partial charge in [0.2, 0.25) is 5.43 Å². The highest BCUT2D eigenvalue weighted by Gasteiger charge is 2.08. The number of H-pyrrole nitrogens is 1. The molecular weight excluding hydrogens is 254 g/mol. The number of para-hydroxylation sites is 1. The summed E-state index contributed by atoms with van der Waals surface area (Å²) in [4.78, 5) is 15.0. The fourth-order valence-electron chi connectivity index (χ4n) is 1.89. The van der Waals surface area contributed by atoms with E-state index in [0.717, 1.165) is 16.6 Å². The minimum absolute atomic E-state index is 0.127. The summed E-state index contributed by atoms with van der Waals surface area (Å²) < 4.78 is 0. The standard InChI is InChI=1S/C13H8ClNOS/c14-11-6-15-12-9(8-4-5-17-7-8)2-1-3-10(12)13(11)16/h1-7H,(H,15,16). The minimum Gasteiger partial charge on any atom is -0.359 e. The third-order valence-electron chi connectivity index (χ3n) is 2.70. The second-order valence-corrected chi connectivity index (χ2v) is 4.89. The van der Waals surface area contributed by atoms with Gasteiger partial charge in [0.1, 0.15) is 5.02 Å². The number of fused-ring (bicyclic) bond motifs is 1. The average molecular weight is 262 g/mol. The van der Waals surface area contributed by atoms with Crippen molar-refractivity contribution >= 4 is 33.8 Å². The minimum atomic E-state index is -0.127. The van der Waals surface area contributed by atoms with Crippen LogP contribution in [-0.2, 0) is 0 Å². The lowest BCUT2D eigenvalue weighted by atomic mass is 10.0. The van der Waals surface area contributed by atoms with Gasteiger partial charge in [0.05, 0.1) is 5.52 Å². The second kappa shape index (κ2) is 4.02. The van der Waals surface area contributed by atoms with Crippen LogP contribution < -0.4 is 5.43 Å². The first-order chi connectivity index (χ1) is 8.27. The molecule has 1 N–H and O–H groups in total. The van der Waals surface area contributed by atoms with Gasteiger partial charge in [0, 0.05) is 17.1 Å². The lowest BCUT2D eigenvalue weighted by Gasteiger charge is -2.04. The van der Waals surface area contributed by atoms with Crippen LogP contribution >= 0.6 is 22.9 Å². The molecular formula is C13H8ClNOS. The predicted octanol–water partition coefficient (Wildman–Crippen LogP) is 3.91. The van der Waals surface area contributed by atoms with E-state index < -0.39 is 0 Å². The fraction of sp³-hybridized carbons (Fsp3) is 0. The summed E-state index contributed by atoms with van der Waals surface area (Å²) in [5, 5.41) is 4.92. The van der Waals surface area contributed by atoms with Crippen molar-refractivity contribution in [3.63, 3.8) is 0 Å². The Hall–Kier alpha value is -1.58. The lowest BCUT2D eigenvalue weighted by molar-refractivity contribution is 1.39. The molecule has 0 fully saturated rings. The van der Waals surface area contributed by atoms with Gasteiger partial charge in [-0.2, -0.15) is 11.3 Å².